The van der Waals surface area contributed by atoms with Crippen molar-refractivity contribution in [3.05, 3.63) is 35.9 Å². The maximum atomic E-state index is 12.4. The molecule has 0 heterocycles. The highest BCUT2D eigenvalue weighted by Gasteiger charge is 2.52. The minimum atomic E-state index is -0.596. The summed E-state index contributed by atoms with van der Waals surface area (Å²) < 4.78 is 0. The van der Waals surface area contributed by atoms with Crippen LogP contribution in [-0.2, 0) is 10.2 Å². The van der Waals surface area contributed by atoms with Gasteiger partial charge in [0, 0.05) is 0 Å². The minimum Gasteiger partial charge on any atom is -0.391 e. The van der Waals surface area contributed by atoms with Gasteiger partial charge in [-0.3, -0.25) is 4.79 Å². The van der Waals surface area contributed by atoms with Crippen LogP contribution in [0.4, 0.5) is 0 Å². The summed E-state index contributed by atoms with van der Waals surface area (Å²) in [5.41, 5.74) is 0.110. The van der Waals surface area contributed by atoms with Crippen molar-refractivity contribution in [2.75, 3.05) is 0 Å². The molecular weight excluding hydrogens is 226 g/mol. The molecule has 0 aromatic heterocycles. The predicted molar refractivity (Wildman–Crippen MR) is 71.3 cm³/mol. The first-order chi connectivity index (χ1) is 8.38. The lowest BCUT2D eigenvalue weighted by molar-refractivity contribution is -0.126. The summed E-state index contributed by atoms with van der Waals surface area (Å²) in [6, 6.07) is 9.88. The van der Waals surface area contributed by atoms with Gasteiger partial charge in [-0.15, -0.1) is 0 Å². The zero-order valence-corrected chi connectivity index (χ0v) is 11.2. The van der Waals surface area contributed by atoms with Crippen molar-refractivity contribution in [2.24, 2.45) is 0 Å². The quantitative estimate of drug-likeness (QED) is 0.855. The van der Waals surface area contributed by atoms with Gasteiger partial charge in [-0.05, 0) is 39.2 Å². The van der Waals surface area contributed by atoms with Gasteiger partial charge in [0.05, 0.1) is 17.1 Å². The van der Waals surface area contributed by atoms with Crippen LogP contribution in [0.25, 0.3) is 0 Å². The highest BCUT2D eigenvalue weighted by molar-refractivity contribution is 5.91. The molecule has 18 heavy (non-hydrogen) atoms. The molecule has 3 heteroatoms. The molecule has 0 radical (unpaired) electrons. The van der Waals surface area contributed by atoms with Gasteiger partial charge in [0.2, 0.25) is 5.91 Å². The second kappa shape index (κ2) is 4.39. The van der Waals surface area contributed by atoms with E-state index < -0.39 is 11.6 Å². The second-order valence-corrected chi connectivity index (χ2v) is 5.80. The van der Waals surface area contributed by atoms with E-state index >= 15 is 0 Å². The predicted octanol–water partition coefficient (Wildman–Crippen LogP) is 1.99. The first kappa shape index (κ1) is 13.1. The molecule has 3 nitrogen and oxygen atoms in total. The van der Waals surface area contributed by atoms with Gasteiger partial charge in [0.25, 0.3) is 0 Å². The van der Waals surface area contributed by atoms with Crippen molar-refractivity contribution in [3.63, 3.8) is 0 Å². The van der Waals surface area contributed by atoms with Crippen molar-refractivity contribution in [3.8, 4) is 0 Å². The molecule has 0 bridgehead atoms. The van der Waals surface area contributed by atoms with Crippen molar-refractivity contribution in [1.29, 1.82) is 0 Å². The van der Waals surface area contributed by atoms with Crippen LogP contribution in [0.1, 0.15) is 39.2 Å². The fourth-order valence-corrected chi connectivity index (χ4v) is 2.05. The summed E-state index contributed by atoms with van der Waals surface area (Å²) in [4.78, 5) is 12.4. The van der Waals surface area contributed by atoms with Crippen LogP contribution < -0.4 is 5.32 Å². The number of benzene rings is 1. The molecule has 1 aliphatic rings. The molecule has 1 atom stereocenters. The van der Waals surface area contributed by atoms with Crippen LogP contribution in [0.15, 0.2) is 30.3 Å². The number of carbonyl (C=O) groups excluding carboxylic acids is 1. The largest absolute Gasteiger partial charge is 0.391 e. The summed E-state index contributed by atoms with van der Waals surface area (Å²) in [5, 5.41) is 12.6. The number of aliphatic hydroxyl groups is 1. The van der Waals surface area contributed by atoms with E-state index in [0.717, 1.165) is 18.4 Å². The molecule has 98 valence electrons. The molecule has 2 rings (SSSR count). The van der Waals surface area contributed by atoms with E-state index in [4.69, 9.17) is 0 Å². The standard InChI is InChI=1S/C15H21NO2/c1-11(17)14(2,3)16-13(18)15(9-10-15)12-7-5-4-6-8-12/h4-8,11,17H,9-10H2,1-3H3,(H,16,18). The van der Waals surface area contributed by atoms with E-state index in [-0.39, 0.29) is 11.3 Å². The molecule has 0 saturated heterocycles. The van der Waals surface area contributed by atoms with Gasteiger partial charge in [0.1, 0.15) is 0 Å². The summed E-state index contributed by atoms with van der Waals surface area (Å²) in [6.07, 6.45) is 1.20. The average molecular weight is 247 g/mol. The minimum absolute atomic E-state index is 0.0274. The molecule has 0 aliphatic heterocycles. The lowest BCUT2D eigenvalue weighted by Gasteiger charge is -2.31. The van der Waals surface area contributed by atoms with E-state index in [1.165, 1.54) is 0 Å². The zero-order valence-electron chi connectivity index (χ0n) is 11.2. The van der Waals surface area contributed by atoms with Crippen LogP contribution in [-0.4, -0.2) is 22.7 Å². The summed E-state index contributed by atoms with van der Waals surface area (Å²) >= 11 is 0. The molecular formula is C15H21NO2. The Balaban J connectivity index is 2.15. The molecule has 2 N–H and O–H groups in total. The second-order valence-electron chi connectivity index (χ2n) is 5.80. The Labute approximate surface area is 108 Å². The van der Waals surface area contributed by atoms with Gasteiger partial charge < -0.3 is 10.4 Å². The first-order valence-electron chi connectivity index (χ1n) is 6.45. The third kappa shape index (κ3) is 2.27. The number of amides is 1. The van der Waals surface area contributed by atoms with E-state index in [9.17, 15) is 9.90 Å². The Morgan fingerprint density at radius 3 is 2.33 bits per heavy atom. The molecule has 1 aromatic rings. The summed E-state index contributed by atoms with van der Waals surface area (Å²) in [7, 11) is 0. The lowest BCUT2D eigenvalue weighted by Crippen LogP contribution is -2.53. The first-order valence-corrected chi connectivity index (χ1v) is 6.45. The maximum Gasteiger partial charge on any atom is 0.231 e. The highest BCUT2D eigenvalue weighted by atomic mass is 16.3. The van der Waals surface area contributed by atoms with E-state index in [0.29, 0.717) is 0 Å². The Bertz CT molecular complexity index is 433. The smallest absolute Gasteiger partial charge is 0.231 e. The lowest BCUT2D eigenvalue weighted by atomic mass is 9.92. The molecule has 0 spiro atoms. The van der Waals surface area contributed by atoms with Gasteiger partial charge in [-0.25, -0.2) is 0 Å². The van der Waals surface area contributed by atoms with Gasteiger partial charge in [-0.1, -0.05) is 30.3 Å². The topological polar surface area (TPSA) is 49.3 Å². The van der Waals surface area contributed by atoms with E-state index in [1.807, 2.05) is 44.2 Å². The molecule has 1 fully saturated rings. The van der Waals surface area contributed by atoms with Gasteiger partial charge >= 0.3 is 0 Å². The molecule has 1 unspecified atom stereocenters. The number of nitrogens with one attached hydrogen (secondary N) is 1. The fourth-order valence-electron chi connectivity index (χ4n) is 2.05. The fraction of sp³-hybridized carbons (Fsp3) is 0.533. The Kier molecular flexibility index (Phi) is 3.20. The van der Waals surface area contributed by atoms with Crippen LogP contribution in [0.3, 0.4) is 0 Å². The SMILES string of the molecule is CC(O)C(C)(C)NC(=O)C1(c2ccccc2)CC1. The maximum absolute atomic E-state index is 12.4. The number of carbonyl (C=O) groups is 1. The number of rotatable bonds is 4. The monoisotopic (exact) mass is 247 g/mol. The summed E-state index contributed by atoms with van der Waals surface area (Å²) in [6.45, 7) is 5.38. The molecule has 1 aromatic carbocycles. The number of hydrogen-bond donors (Lipinski definition) is 2. The van der Waals surface area contributed by atoms with Crippen molar-refractivity contribution >= 4 is 5.91 Å². The molecule has 1 saturated carbocycles. The third-order valence-electron chi connectivity index (χ3n) is 3.99. The third-order valence-corrected chi connectivity index (χ3v) is 3.99. The normalized spacial score (nSPS) is 19.1. The highest BCUT2D eigenvalue weighted by Crippen LogP contribution is 2.48. The Morgan fingerprint density at radius 1 is 1.33 bits per heavy atom. The van der Waals surface area contributed by atoms with E-state index in [2.05, 4.69) is 5.32 Å². The molecule has 1 amide bonds. The zero-order chi connectivity index (χ0) is 13.4. The summed E-state index contributed by atoms with van der Waals surface area (Å²) in [5.74, 6) is 0.0274. The Morgan fingerprint density at radius 2 is 1.89 bits per heavy atom. The average Bonchev–Trinajstić information content (AvgIpc) is 3.10. The van der Waals surface area contributed by atoms with Crippen molar-refractivity contribution in [2.45, 2.75) is 50.7 Å². The number of aliphatic hydroxyl groups excluding tert-OH is 1. The van der Waals surface area contributed by atoms with Gasteiger partial charge in [0.15, 0.2) is 0 Å². The van der Waals surface area contributed by atoms with Gasteiger partial charge in [-0.2, -0.15) is 0 Å². The Hall–Kier alpha value is -1.35. The number of hydrogen-bond acceptors (Lipinski definition) is 2. The van der Waals surface area contributed by atoms with Crippen LogP contribution in [0, 0.1) is 0 Å². The van der Waals surface area contributed by atoms with Crippen LogP contribution in [0.5, 0.6) is 0 Å². The van der Waals surface area contributed by atoms with Crippen molar-refractivity contribution < 1.29 is 9.90 Å². The van der Waals surface area contributed by atoms with Crippen molar-refractivity contribution in [1.82, 2.24) is 5.32 Å². The van der Waals surface area contributed by atoms with Crippen LogP contribution >= 0.6 is 0 Å². The van der Waals surface area contributed by atoms with E-state index in [1.54, 1.807) is 6.92 Å². The molecule has 1 aliphatic carbocycles. The van der Waals surface area contributed by atoms with Crippen LogP contribution in [0.2, 0.25) is 0 Å².